The molecule has 4 rings (SSSR count). The van der Waals surface area contributed by atoms with Gasteiger partial charge in [-0.2, -0.15) is 4.31 Å². The van der Waals surface area contributed by atoms with Gasteiger partial charge in [0.1, 0.15) is 11.5 Å². The van der Waals surface area contributed by atoms with Crippen molar-refractivity contribution in [3.8, 4) is 11.5 Å². The van der Waals surface area contributed by atoms with E-state index in [4.69, 9.17) is 9.47 Å². The number of ether oxygens (including phenoxy) is 2. The summed E-state index contributed by atoms with van der Waals surface area (Å²) in [5, 5.41) is 13.3. The normalized spacial score (nSPS) is 27.3. The highest BCUT2D eigenvalue weighted by Gasteiger charge is 2.40. The van der Waals surface area contributed by atoms with Crippen molar-refractivity contribution in [3.63, 3.8) is 0 Å². The number of aromatic hydroxyl groups is 1. The Morgan fingerprint density at radius 2 is 1.80 bits per heavy atom. The van der Waals surface area contributed by atoms with Gasteiger partial charge in [0.2, 0.25) is 10.0 Å². The maximum absolute atomic E-state index is 12.8. The highest BCUT2D eigenvalue weighted by Crippen LogP contribution is 2.35. The molecule has 1 saturated carbocycles. The summed E-state index contributed by atoms with van der Waals surface area (Å²) in [7, 11) is -1.80. The molecule has 1 aliphatic carbocycles. The molecule has 35 heavy (non-hydrogen) atoms. The lowest BCUT2D eigenvalue weighted by Gasteiger charge is -2.33. The van der Waals surface area contributed by atoms with Crippen LogP contribution < -0.4 is 10.1 Å². The third-order valence-electron chi connectivity index (χ3n) is 7.38. The number of phenolic OH excluding ortho intramolecular Hbond substituents is 1. The Bertz CT molecular complexity index is 1070. The number of phenols is 1. The van der Waals surface area contributed by atoms with Crippen LogP contribution in [-0.4, -0.2) is 62.0 Å². The molecule has 7 nitrogen and oxygen atoms in total. The number of rotatable bonds is 9. The van der Waals surface area contributed by atoms with Gasteiger partial charge in [-0.25, -0.2) is 8.42 Å². The van der Waals surface area contributed by atoms with Crippen molar-refractivity contribution in [2.24, 2.45) is 0 Å². The summed E-state index contributed by atoms with van der Waals surface area (Å²) in [4.78, 5) is 0. The predicted octanol–water partition coefficient (Wildman–Crippen LogP) is 4.02. The number of sulfonamides is 1. The zero-order chi connectivity index (χ0) is 25.0. The van der Waals surface area contributed by atoms with Gasteiger partial charge in [0.05, 0.1) is 26.1 Å². The lowest BCUT2D eigenvalue weighted by atomic mass is 9.82. The second-order valence-corrected chi connectivity index (χ2v) is 12.0. The third kappa shape index (κ3) is 6.76. The van der Waals surface area contributed by atoms with Crippen LogP contribution in [0.3, 0.4) is 0 Å². The molecule has 0 spiro atoms. The van der Waals surface area contributed by atoms with Crippen LogP contribution in [0.5, 0.6) is 11.5 Å². The molecule has 0 bridgehead atoms. The van der Waals surface area contributed by atoms with E-state index in [-0.39, 0.29) is 24.2 Å². The second-order valence-electron chi connectivity index (χ2n) is 10.0. The number of benzene rings is 2. The minimum Gasteiger partial charge on any atom is -0.508 e. The van der Waals surface area contributed by atoms with Gasteiger partial charge in [0.25, 0.3) is 0 Å². The Kier molecular flexibility index (Phi) is 8.37. The first-order valence-corrected chi connectivity index (χ1v) is 14.3. The summed E-state index contributed by atoms with van der Waals surface area (Å²) < 4.78 is 38.8. The first-order chi connectivity index (χ1) is 16.7. The molecule has 0 aromatic heterocycles. The average molecular weight is 503 g/mol. The molecule has 1 heterocycles. The van der Waals surface area contributed by atoms with Gasteiger partial charge in [0, 0.05) is 24.7 Å². The van der Waals surface area contributed by atoms with Gasteiger partial charge in [-0.1, -0.05) is 24.3 Å². The molecule has 0 radical (unpaired) electrons. The largest absolute Gasteiger partial charge is 0.508 e. The van der Waals surface area contributed by atoms with Crippen molar-refractivity contribution >= 4 is 10.0 Å². The summed E-state index contributed by atoms with van der Waals surface area (Å²) in [5.74, 6) is 1.52. The Morgan fingerprint density at radius 3 is 2.43 bits per heavy atom. The predicted molar refractivity (Wildman–Crippen MR) is 137 cm³/mol. The Morgan fingerprint density at radius 1 is 1.09 bits per heavy atom. The molecule has 0 unspecified atom stereocenters. The molecular formula is C27H38N2O5S. The van der Waals surface area contributed by atoms with Gasteiger partial charge >= 0.3 is 0 Å². The Hall–Kier alpha value is -2.13. The van der Waals surface area contributed by atoms with Crippen LogP contribution in [0.25, 0.3) is 0 Å². The molecule has 2 fully saturated rings. The van der Waals surface area contributed by atoms with Crippen molar-refractivity contribution in [1.82, 2.24) is 9.62 Å². The standard InChI is InChI=1S/C27H38N2O5S/c1-19-15-27(29(35(3,31)32)17-20-7-11-24(33-2)12-8-20)26(28-19)18-34-25-13-9-21(10-14-25)22-5-4-6-23(30)16-22/h4-8,11-12,16,19,21,25-28,30H,9-10,13-15,17-18H2,1-3H3/t19-,21?,25?,26+,27+/m1/s1. The van der Waals surface area contributed by atoms with E-state index in [1.54, 1.807) is 17.5 Å². The van der Waals surface area contributed by atoms with Gasteiger partial charge < -0.3 is 19.9 Å². The molecule has 192 valence electrons. The van der Waals surface area contributed by atoms with Gasteiger partial charge in [-0.3, -0.25) is 0 Å². The van der Waals surface area contributed by atoms with Crippen LogP contribution in [0.2, 0.25) is 0 Å². The first-order valence-electron chi connectivity index (χ1n) is 12.5. The maximum atomic E-state index is 12.8. The van der Waals surface area contributed by atoms with E-state index in [1.165, 1.54) is 11.8 Å². The van der Waals surface area contributed by atoms with E-state index in [9.17, 15) is 13.5 Å². The number of nitrogens with one attached hydrogen (secondary N) is 1. The smallest absolute Gasteiger partial charge is 0.211 e. The molecule has 2 aliphatic rings. The van der Waals surface area contributed by atoms with Gasteiger partial charge in [-0.15, -0.1) is 0 Å². The van der Waals surface area contributed by atoms with Crippen molar-refractivity contribution in [1.29, 1.82) is 0 Å². The molecule has 1 saturated heterocycles. The molecule has 2 aromatic carbocycles. The minimum absolute atomic E-state index is 0.0539. The summed E-state index contributed by atoms with van der Waals surface area (Å²) >= 11 is 0. The quantitative estimate of drug-likeness (QED) is 0.538. The number of hydrogen-bond acceptors (Lipinski definition) is 6. The maximum Gasteiger partial charge on any atom is 0.211 e. The summed E-state index contributed by atoms with van der Waals surface area (Å²) in [5.41, 5.74) is 2.12. The molecule has 2 aromatic rings. The van der Waals surface area contributed by atoms with Crippen molar-refractivity contribution < 1.29 is 23.0 Å². The molecule has 8 heteroatoms. The van der Waals surface area contributed by atoms with Crippen molar-refractivity contribution in [3.05, 3.63) is 59.7 Å². The number of nitrogens with zero attached hydrogens (tertiary/aromatic N) is 1. The topological polar surface area (TPSA) is 88.1 Å². The van der Waals surface area contributed by atoms with E-state index >= 15 is 0 Å². The van der Waals surface area contributed by atoms with Crippen LogP contribution in [0.1, 0.15) is 56.1 Å². The van der Waals surface area contributed by atoms with E-state index in [1.807, 2.05) is 36.4 Å². The van der Waals surface area contributed by atoms with Crippen molar-refractivity contribution in [2.45, 2.75) is 75.7 Å². The molecule has 1 aliphatic heterocycles. The van der Waals surface area contributed by atoms with Gasteiger partial charge in [-0.05, 0) is 80.3 Å². The van der Waals surface area contributed by atoms with E-state index in [0.717, 1.165) is 43.4 Å². The zero-order valence-electron chi connectivity index (χ0n) is 20.9. The fraction of sp³-hybridized carbons (Fsp3) is 0.556. The Balaban J connectivity index is 1.36. The minimum atomic E-state index is -3.42. The number of hydrogen-bond donors (Lipinski definition) is 2. The summed E-state index contributed by atoms with van der Waals surface area (Å²) in [6.07, 6.45) is 6.21. The summed E-state index contributed by atoms with van der Waals surface area (Å²) in [6, 6.07) is 15.1. The van der Waals surface area contributed by atoms with Crippen molar-refractivity contribution in [2.75, 3.05) is 20.0 Å². The van der Waals surface area contributed by atoms with Crippen LogP contribution in [-0.2, 0) is 21.3 Å². The lowest BCUT2D eigenvalue weighted by Crippen LogP contribution is -2.48. The molecule has 2 N–H and O–H groups in total. The zero-order valence-corrected chi connectivity index (χ0v) is 21.7. The summed E-state index contributed by atoms with van der Waals surface area (Å²) in [6.45, 7) is 2.92. The van der Waals surface area contributed by atoms with Gasteiger partial charge in [0.15, 0.2) is 0 Å². The third-order valence-corrected chi connectivity index (χ3v) is 8.63. The van der Waals surface area contributed by atoms with E-state index in [2.05, 4.69) is 18.3 Å². The van der Waals surface area contributed by atoms with E-state index < -0.39 is 10.0 Å². The molecule has 0 amide bonds. The second kappa shape index (κ2) is 11.3. The first kappa shape index (κ1) is 25.9. The fourth-order valence-corrected chi connectivity index (χ4v) is 6.63. The molecule has 3 atom stereocenters. The van der Waals surface area contributed by atoms with E-state index in [0.29, 0.717) is 24.8 Å². The average Bonchev–Trinajstić information content (AvgIpc) is 3.21. The fourth-order valence-electron chi connectivity index (χ4n) is 5.52. The lowest BCUT2D eigenvalue weighted by molar-refractivity contribution is 0.00773. The Labute approximate surface area is 209 Å². The monoisotopic (exact) mass is 502 g/mol. The highest BCUT2D eigenvalue weighted by atomic mass is 32.2. The highest BCUT2D eigenvalue weighted by molar-refractivity contribution is 7.88. The van der Waals surface area contributed by atoms with Crippen LogP contribution >= 0.6 is 0 Å². The number of methoxy groups -OCH3 is 1. The van der Waals surface area contributed by atoms with Crippen LogP contribution in [0.15, 0.2) is 48.5 Å². The molecular weight excluding hydrogens is 464 g/mol. The van der Waals surface area contributed by atoms with Crippen LogP contribution in [0.4, 0.5) is 0 Å². The SMILES string of the molecule is COc1ccc(CN([C@H]2C[C@@H](C)N[C@H]2COC2CCC(c3cccc(O)c3)CC2)S(C)(=O)=O)cc1. The van der Waals surface area contributed by atoms with Crippen LogP contribution in [0, 0.1) is 0 Å².